The molecule has 1 heteroatoms. The molecule has 4 aromatic rings. The van der Waals surface area contributed by atoms with Gasteiger partial charge in [-0.2, -0.15) is 0 Å². The van der Waals surface area contributed by atoms with Crippen LogP contribution in [0.5, 0.6) is 0 Å². The number of aryl methyl sites for hydroxylation is 3. The average molecular weight is 513 g/mol. The van der Waals surface area contributed by atoms with Crippen molar-refractivity contribution >= 4 is 16.8 Å². The number of benzene rings is 4. The highest BCUT2D eigenvalue weighted by molar-refractivity contribution is 6.04. The summed E-state index contributed by atoms with van der Waals surface area (Å²) in [4.78, 5) is 0. The molecule has 39 heavy (non-hydrogen) atoms. The van der Waals surface area contributed by atoms with E-state index in [1.54, 1.807) is 0 Å². The van der Waals surface area contributed by atoms with E-state index in [1.807, 2.05) is 6.07 Å². The second-order valence-electron chi connectivity index (χ2n) is 11.7. The van der Waals surface area contributed by atoms with Gasteiger partial charge in [-0.1, -0.05) is 104 Å². The third kappa shape index (κ3) is 4.48. The van der Waals surface area contributed by atoms with Gasteiger partial charge in [0.25, 0.3) is 0 Å². The van der Waals surface area contributed by atoms with Crippen LogP contribution in [-0.2, 0) is 24.9 Å². The summed E-state index contributed by atoms with van der Waals surface area (Å²) < 4.78 is 13.8. The summed E-state index contributed by atoms with van der Waals surface area (Å²) in [6.07, 6.45) is 15.0. The van der Waals surface area contributed by atoms with Crippen molar-refractivity contribution in [1.82, 2.24) is 0 Å². The summed E-state index contributed by atoms with van der Waals surface area (Å²) in [5.41, 5.74) is 12.4. The third-order valence-corrected chi connectivity index (χ3v) is 9.02. The maximum atomic E-state index is 13.8. The van der Waals surface area contributed by atoms with Gasteiger partial charge in [0.2, 0.25) is 0 Å². The second kappa shape index (κ2) is 10.1. The zero-order valence-electron chi connectivity index (χ0n) is 23.5. The fraction of sp³-hybridized carbons (Fsp3) is 0.263. The van der Waals surface area contributed by atoms with Crippen molar-refractivity contribution in [3.05, 3.63) is 136 Å². The minimum Gasteiger partial charge on any atom is -0.246 e. The molecule has 2 aliphatic carbocycles. The van der Waals surface area contributed by atoms with Crippen molar-refractivity contribution in [3.8, 4) is 11.1 Å². The van der Waals surface area contributed by atoms with Crippen molar-refractivity contribution in [2.75, 3.05) is 0 Å². The molecule has 4 aromatic carbocycles. The highest BCUT2D eigenvalue weighted by atomic mass is 19.1. The molecule has 0 saturated heterocycles. The summed E-state index contributed by atoms with van der Waals surface area (Å²) in [5, 5.41) is 2.39. The monoisotopic (exact) mass is 512 g/mol. The fourth-order valence-electron chi connectivity index (χ4n) is 6.53. The molecular weight excluding hydrogens is 475 g/mol. The molecular formula is C38H37F. The molecule has 196 valence electrons. The van der Waals surface area contributed by atoms with Crippen molar-refractivity contribution in [2.45, 2.75) is 59.0 Å². The number of hydrogen-bond donors (Lipinski definition) is 0. The molecule has 0 heterocycles. The third-order valence-electron chi connectivity index (χ3n) is 9.02. The Morgan fingerprint density at radius 2 is 1.74 bits per heavy atom. The van der Waals surface area contributed by atoms with E-state index in [0.717, 1.165) is 24.8 Å². The number of halogens is 1. The van der Waals surface area contributed by atoms with Crippen LogP contribution in [0.3, 0.4) is 0 Å². The SMILES string of the molecule is Cc1ccc(C(C)(/C=C\c2c3c(c4cc(CF)ccc4c2C)-c2ccccc2CC3)C2=CC[C@H](C)C=C2)cc1. The Bertz CT molecular complexity index is 1650. The van der Waals surface area contributed by atoms with Crippen LogP contribution in [0.1, 0.15) is 59.2 Å². The molecule has 0 saturated carbocycles. The number of allylic oxidation sites excluding steroid dienone is 5. The topological polar surface area (TPSA) is 0 Å². The molecule has 6 rings (SSSR count). The molecule has 0 amide bonds. The maximum Gasteiger partial charge on any atom is 0.115 e. The number of alkyl halides is 1. The number of hydrogen-bond acceptors (Lipinski definition) is 0. The van der Waals surface area contributed by atoms with Crippen LogP contribution >= 0.6 is 0 Å². The van der Waals surface area contributed by atoms with Gasteiger partial charge in [-0.25, -0.2) is 4.39 Å². The normalized spacial score (nSPS) is 18.1. The van der Waals surface area contributed by atoms with Crippen LogP contribution in [0.25, 0.3) is 28.0 Å². The molecule has 0 nitrogen and oxygen atoms in total. The summed E-state index contributed by atoms with van der Waals surface area (Å²) in [6.45, 7) is 8.58. The molecule has 0 aliphatic heterocycles. The number of rotatable bonds is 5. The Kier molecular flexibility index (Phi) is 6.63. The van der Waals surface area contributed by atoms with Gasteiger partial charge in [0, 0.05) is 5.41 Å². The van der Waals surface area contributed by atoms with Crippen LogP contribution in [0.15, 0.2) is 96.6 Å². The summed E-state index contributed by atoms with van der Waals surface area (Å²) in [7, 11) is 0. The van der Waals surface area contributed by atoms with Gasteiger partial charge in [-0.15, -0.1) is 0 Å². The van der Waals surface area contributed by atoms with Crippen molar-refractivity contribution in [2.24, 2.45) is 5.92 Å². The van der Waals surface area contributed by atoms with E-state index in [-0.39, 0.29) is 5.41 Å². The first kappa shape index (κ1) is 25.6. The van der Waals surface area contributed by atoms with E-state index in [0.29, 0.717) is 5.92 Å². The molecule has 2 aliphatic rings. The van der Waals surface area contributed by atoms with Gasteiger partial charge < -0.3 is 0 Å². The Hall–Kier alpha value is -3.71. The summed E-state index contributed by atoms with van der Waals surface area (Å²) in [5.74, 6) is 0.573. The standard InChI is InChI=1S/C38H37F/c1-25-9-15-30(16-10-25)38(4,31-17-11-26(2)12-18-31)22-21-33-27(3)32-19-13-28(24-39)23-36(32)37-34-8-6-5-7-29(34)14-20-35(33)37/h5-11,13,15-19,21-23,26H,12,14,20,24H2,1-4H3/b22-21-/t26-,38?/m1/s1. The van der Waals surface area contributed by atoms with Crippen LogP contribution < -0.4 is 0 Å². The van der Waals surface area contributed by atoms with Crippen LogP contribution in [-0.4, -0.2) is 0 Å². The van der Waals surface area contributed by atoms with E-state index < -0.39 is 6.67 Å². The molecule has 0 radical (unpaired) electrons. The first-order chi connectivity index (χ1) is 18.9. The van der Waals surface area contributed by atoms with Gasteiger partial charge in [-0.3, -0.25) is 0 Å². The van der Waals surface area contributed by atoms with Gasteiger partial charge in [0.15, 0.2) is 0 Å². The second-order valence-corrected chi connectivity index (χ2v) is 11.7. The fourth-order valence-corrected chi connectivity index (χ4v) is 6.53. The first-order valence-corrected chi connectivity index (χ1v) is 14.3. The van der Waals surface area contributed by atoms with Crippen molar-refractivity contribution < 1.29 is 4.39 Å². The largest absolute Gasteiger partial charge is 0.246 e. The quantitative estimate of drug-likeness (QED) is 0.249. The Balaban J connectivity index is 1.58. The van der Waals surface area contributed by atoms with E-state index in [9.17, 15) is 4.39 Å². The first-order valence-electron chi connectivity index (χ1n) is 14.3. The predicted octanol–water partition coefficient (Wildman–Crippen LogP) is 10.2. The smallest absolute Gasteiger partial charge is 0.115 e. The van der Waals surface area contributed by atoms with E-state index in [1.165, 1.54) is 60.9 Å². The highest BCUT2D eigenvalue weighted by Crippen LogP contribution is 2.44. The van der Waals surface area contributed by atoms with E-state index in [2.05, 4.69) is 119 Å². The lowest BCUT2D eigenvalue weighted by Crippen LogP contribution is -2.22. The average Bonchev–Trinajstić information content (AvgIpc) is 2.97. The van der Waals surface area contributed by atoms with Crippen LogP contribution in [0.4, 0.5) is 4.39 Å². The van der Waals surface area contributed by atoms with Crippen LogP contribution in [0.2, 0.25) is 0 Å². The van der Waals surface area contributed by atoms with Crippen molar-refractivity contribution in [1.29, 1.82) is 0 Å². The zero-order chi connectivity index (χ0) is 27.1. The minimum absolute atomic E-state index is 0.247. The lowest BCUT2D eigenvalue weighted by atomic mass is 9.72. The predicted molar refractivity (Wildman–Crippen MR) is 165 cm³/mol. The highest BCUT2D eigenvalue weighted by Gasteiger charge is 2.29. The van der Waals surface area contributed by atoms with Gasteiger partial charge in [-0.05, 0) is 113 Å². The van der Waals surface area contributed by atoms with E-state index >= 15 is 0 Å². The molecule has 2 atom stereocenters. The molecule has 0 fully saturated rings. The van der Waals surface area contributed by atoms with Gasteiger partial charge in [0.05, 0.1) is 0 Å². The molecule has 1 unspecified atom stereocenters. The molecule has 0 aromatic heterocycles. The molecule has 0 N–H and O–H groups in total. The summed E-state index contributed by atoms with van der Waals surface area (Å²) >= 11 is 0. The zero-order valence-corrected chi connectivity index (χ0v) is 23.5. The lowest BCUT2D eigenvalue weighted by molar-refractivity contribution is 0.485. The Labute approximate surface area is 232 Å². The Morgan fingerprint density at radius 1 is 0.949 bits per heavy atom. The summed E-state index contributed by atoms with van der Waals surface area (Å²) in [6, 6.07) is 23.9. The molecule has 0 bridgehead atoms. The lowest BCUT2D eigenvalue weighted by Gasteiger charge is -2.32. The van der Waals surface area contributed by atoms with Gasteiger partial charge >= 0.3 is 0 Å². The molecule has 0 spiro atoms. The number of fused-ring (bicyclic) bond motifs is 5. The maximum absolute atomic E-state index is 13.8. The minimum atomic E-state index is -0.441. The van der Waals surface area contributed by atoms with Crippen molar-refractivity contribution in [3.63, 3.8) is 0 Å². The van der Waals surface area contributed by atoms with Crippen LogP contribution in [0, 0.1) is 19.8 Å². The Morgan fingerprint density at radius 3 is 2.49 bits per heavy atom. The van der Waals surface area contributed by atoms with Gasteiger partial charge in [0.1, 0.15) is 6.67 Å². The van der Waals surface area contributed by atoms with E-state index in [4.69, 9.17) is 0 Å².